The highest BCUT2D eigenvalue weighted by molar-refractivity contribution is 7.14. The third kappa shape index (κ3) is 10.0. The van der Waals surface area contributed by atoms with E-state index in [1.807, 2.05) is 0 Å². The fourth-order valence-corrected chi connectivity index (χ4v) is 4.80. The van der Waals surface area contributed by atoms with Gasteiger partial charge in [-0.3, -0.25) is 14.9 Å². The van der Waals surface area contributed by atoms with Crippen LogP contribution in [0.5, 0.6) is 0 Å². The number of carboxylic acids is 1. The smallest absolute Gasteiger partial charge is 0.413 e. The lowest BCUT2D eigenvalue weighted by Crippen LogP contribution is -2.72. The molecule has 42 heavy (non-hydrogen) atoms. The second-order valence-corrected chi connectivity index (χ2v) is 18.6. The molecule has 0 unspecified atom stereocenters. The van der Waals surface area contributed by atoms with Crippen LogP contribution in [-0.2, 0) is 28.4 Å². The van der Waals surface area contributed by atoms with Gasteiger partial charge in [0.2, 0.25) is 11.5 Å². The zero-order valence-corrected chi connectivity index (χ0v) is 27.8. The maximum absolute atomic E-state index is 13.3. The van der Waals surface area contributed by atoms with Crippen LogP contribution in [0.25, 0.3) is 0 Å². The third-order valence-electron chi connectivity index (χ3n) is 6.66. The highest BCUT2D eigenvalue weighted by Gasteiger charge is 2.41. The van der Waals surface area contributed by atoms with Crippen LogP contribution in [0.2, 0.25) is 18.1 Å². The number of β-lactam (4-membered cyclic amide) rings is 1. The lowest BCUT2D eigenvalue weighted by Gasteiger charge is -2.38. The summed E-state index contributed by atoms with van der Waals surface area (Å²) in [7, 11) is -1.88. The molecule has 0 bridgehead atoms. The number of anilines is 1. The lowest BCUT2D eigenvalue weighted by atomic mass is 9.98. The first-order chi connectivity index (χ1) is 19.1. The first-order valence-corrected chi connectivity index (χ1v) is 17.3. The summed E-state index contributed by atoms with van der Waals surface area (Å²) in [5.41, 5.74) is -2.86. The summed E-state index contributed by atoms with van der Waals surface area (Å²) in [6, 6.07) is -1.27. The summed E-state index contributed by atoms with van der Waals surface area (Å²) in [6.45, 7) is 20.0. The molecule has 0 aliphatic carbocycles. The molecule has 1 fully saturated rings. The molecular formula is C26H44N6O8SSi. The Kier molecular flexibility index (Phi) is 11.3. The highest BCUT2D eigenvalue weighted by Crippen LogP contribution is 2.36. The summed E-state index contributed by atoms with van der Waals surface area (Å²) < 4.78 is 11.4. The molecule has 2 heterocycles. The number of rotatable bonds is 13. The Morgan fingerprint density at radius 1 is 1.14 bits per heavy atom. The van der Waals surface area contributed by atoms with Crippen molar-refractivity contribution in [1.29, 1.82) is 0 Å². The number of nitrogens with zero attached hydrogens (tertiary/aromatic N) is 2. The monoisotopic (exact) mass is 628 g/mol. The van der Waals surface area contributed by atoms with Gasteiger partial charge in [0.15, 0.2) is 19.2 Å². The van der Waals surface area contributed by atoms with Crippen molar-refractivity contribution in [1.82, 2.24) is 20.9 Å². The van der Waals surface area contributed by atoms with E-state index in [0.717, 1.165) is 11.3 Å². The first-order valence-electron chi connectivity index (χ1n) is 13.5. The van der Waals surface area contributed by atoms with Crippen LogP contribution < -0.4 is 21.3 Å². The number of hydrogen-bond acceptors (Lipinski definition) is 11. The molecule has 1 saturated heterocycles. The van der Waals surface area contributed by atoms with E-state index in [2.05, 4.69) is 65.3 Å². The fourth-order valence-electron chi connectivity index (χ4n) is 3.07. The average molecular weight is 629 g/mol. The van der Waals surface area contributed by atoms with Gasteiger partial charge in [0.05, 0.1) is 6.04 Å². The van der Waals surface area contributed by atoms with E-state index in [-0.39, 0.29) is 27.5 Å². The van der Waals surface area contributed by atoms with Crippen molar-refractivity contribution in [2.45, 2.75) is 96.8 Å². The summed E-state index contributed by atoms with van der Waals surface area (Å²) in [6.07, 6.45) is -0.745. The number of oxime groups is 1. The van der Waals surface area contributed by atoms with E-state index in [9.17, 15) is 24.3 Å². The Hall–Kier alpha value is -3.08. The van der Waals surface area contributed by atoms with Gasteiger partial charge in [-0.05, 0) is 52.8 Å². The normalized spacial score (nSPS) is 18.0. The number of nitrogens with one attached hydrogen (secondary N) is 4. The first kappa shape index (κ1) is 35.1. The van der Waals surface area contributed by atoms with Crippen LogP contribution in [0.1, 0.15) is 61.1 Å². The predicted octanol–water partition coefficient (Wildman–Crippen LogP) is 2.67. The van der Waals surface area contributed by atoms with Crippen LogP contribution in [0.15, 0.2) is 10.5 Å². The molecule has 14 nitrogen and oxygen atoms in total. The van der Waals surface area contributed by atoms with E-state index in [1.54, 1.807) is 20.8 Å². The summed E-state index contributed by atoms with van der Waals surface area (Å²) in [4.78, 5) is 58.6. The molecule has 1 aliphatic heterocycles. The van der Waals surface area contributed by atoms with Crippen LogP contribution in [-0.4, -0.2) is 91.0 Å². The van der Waals surface area contributed by atoms with Gasteiger partial charge in [0, 0.05) is 25.1 Å². The van der Waals surface area contributed by atoms with E-state index >= 15 is 0 Å². The van der Waals surface area contributed by atoms with Crippen LogP contribution in [0.3, 0.4) is 0 Å². The molecule has 0 saturated carbocycles. The third-order valence-corrected chi connectivity index (χ3v) is 12.0. The van der Waals surface area contributed by atoms with Crippen molar-refractivity contribution in [3.63, 3.8) is 0 Å². The van der Waals surface area contributed by atoms with Crippen LogP contribution in [0, 0.1) is 0 Å². The van der Waals surface area contributed by atoms with Gasteiger partial charge in [-0.25, -0.2) is 14.6 Å². The van der Waals surface area contributed by atoms with E-state index < -0.39 is 49.6 Å². The molecular weight excluding hydrogens is 584 g/mol. The van der Waals surface area contributed by atoms with Crippen molar-refractivity contribution < 1.29 is 38.3 Å². The molecule has 0 aromatic carbocycles. The second kappa shape index (κ2) is 13.5. The molecule has 5 N–H and O–H groups in total. The number of amides is 3. The number of carbonyl (C=O) groups is 4. The molecule has 236 valence electrons. The Morgan fingerprint density at radius 2 is 1.79 bits per heavy atom. The topological polar surface area (TPSA) is 190 Å². The quantitative estimate of drug-likeness (QED) is 0.0714. The molecule has 2 rings (SSSR count). The Balaban J connectivity index is 2.10. The molecule has 1 aromatic heterocycles. The average Bonchev–Trinajstić information content (AvgIpc) is 3.27. The van der Waals surface area contributed by atoms with Crippen molar-refractivity contribution in [3.05, 3.63) is 11.1 Å². The maximum Gasteiger partial charge on any atom is 0.413 e. The van der Waals surface area contributed by atoms with Gasteiger partial charge >= 0.3 is 12.1 Å². The summed E-state index contributed by atoms with van der Waals surface area (Å²) >= 11 is 0.994. The minimum Gasteiger partial charge on any atom is -0.478 e. The zero-order chi connectivity index (χ0) is 32.1. The van der Waals surface area contributed by atoms with Gasteiger partial charge < -0.3 is 35.1 Å². The Labute approximate surface area is 251 Å². The standard InChI is InChI=1S/C26H44N6O8SSi/c1-24(2,3)39-23(37)31-22-29-16(14-41-22)18(32-40-26(7,8)21(35)36)20(34)30-17-15(28-19(17)33)13-27-11-12-38-42(9,10)25(4,5)6/h14-15,17,27H,11-13H2,1-10H3,(H,28,33)(H,30,34)(H,35,36)(H,29,31,37)/b32-18-/t15-,17+/m1/s1. The summed E-state index contributed by atoms with van der Waals surface area (Å²) in [5.74, 6) is -2.50. The predicted molar refractivity (Wildman–Crippen MR) is 161 cm³/mol. The molecule has 1 aliphatic rings. The van der Waals surface area contributed by atoms with E-state index in [4.69, 9.17) is 14.0 Å². The number of hydrogen-bond donors (Lipinski definition) is 5. The number of thiazole rings is 1. The maximum atomic E-state index is 13.3. The van der Waals surface area contributed by atoms with Crippen molar-refractivity contribution in [2.75, 3.05) is 25.0 Å². The van der Waals surface area contributed by atoms with E-state index in [1.165, 1.54) is 19.2 Å². The van der Waals surface area contributed by atoms with Gasteiger partial charge in [0.1, 0.15) is 17.3 Å². The molecule has 1 aromatic rings. The number of ether oxygens (including phenoxy) is 1. The second-order valence-electron chi connectivity index (χ2n) is 12.9. The largest absolute Gasteiger partial charge is 0.478 e. The molecule has 3 amide bonds. The van der Waals surface area contributed by atoms with Crippen molar-refractivity contribution in [2.24, 2.45) is 5.16 Å². The lowest BCUT2D eigenvalue weighted by molar-refractivity contribution is -0.161. The number of carbonyl (C=O) groups excluding carboxylic acids is 3. The van der Waals surface area contributed by atoms with Gasteiger partial charge in [-0.2, -0.15) is 0 Å². The fraction of sp³-hybridized carbons (Fsp3) is 0.692. The molecule has 0 radical (unpaired) electrons. The minimum absolute atomic E-state index is 0.00179. The van der Waals surface area contributed by atoms with Gasteiger partial charge in [0.25, 0.3) is 5.91 Å². The highest BCUT2D eigenvalue weighted by atomic mass is 32.1. The van der Waals surface area contributed by atoms with Gasteiger partial charge in [-0.15, -0.1) is 11.3 Å². The van der Waals surface area contributed by atoms with Crippen molar-refractivity contribution in [3.8, 4) is 0 Å². The van der Waals surface area contributed by atoms with E-state index in [0.29, 0.717) is 19.7 Å². The number of aliphatic carboxylic acids is 1. The Morgan fingerprint density at radius 3 is 2.33 bits per heavy atom. The van der Waals surface area contributed by atoms with Crippen LogP contribution in [0.4, 0.5) is 9.93 Å². The number of aromatic nitrogens is 1. The molecule has 0 spiro atoms. The Bertz CT molecular complexity index is 1190. The number of carboxylic acid groups (broad SMARTS) is 1. The minimum atomic E-state index is -1.88. The summed E-state index contributed by atoms with van der Waals surface area (Å²) in [5, 5.41) is 25.9. The molecule has 16 heteroatoms. The molecule has 2 atom stereocenters. The van der Waals surface area contributed by atoms with Crippen molar-refractivity contribution >= 4 is 54.4 Å². The SMILES string of the molecule is CC(C)(C)OC(=O)Nc1nc(/C(=N/OC(C)(C)C(=O)O)C(=O)N[C@@H]2C(=O)N[C@@H]2CNCCO[Si](C)(C)C(C)(C)C)cs1. The van der Waals surface area contributed by atoms with Gasteiger partial charge in [-0.1, -0.05) is 25.9 Å². The van der Waals surface area contributed by atoms with Crippen LogP contribution >= 0.6 is 11.3 Å². The zero-order valence-electron chi connectivity index (χ0n) is 26.0.